The molecule has 4 heteroatoms. The number of phenols is 1. The summed E-state index contributed by atoms with van der Waals surface area (Å²) in [6.07, 6.45) is 0.362. The quantitative estimate of drug-likeness (QED) is 0.442. The number of hydrogen-bond acceptors (Lipinski definition) is 3. The fraction of sp³-hybridized carbons (Fsp3) is 0.179. The van der Waals surface area contributed by atoms with Gasteiger partial charge in [0.15, 0.2) is 11.5 Å². The highest BCUT2D eigenvalue weighted by molar-refractivity contribution is 6.03. The summed E-state index contributed by atoms with van der Waals surface area (Å²) in [6.45, 7) is 2.60. The highest BCUT2D eigenvalue weighted by atomic mass is 16.5. The molecule has 1 unspecified atom stereocenters. The minimum atomic E-state index is -0.118. The first-order valence-corrected chi connectivity index (χ1v) is 10.8. The summed E-state index contributed by atoms with van der Waals surface area (Å²) in [7, 11) is 1.54. The molecule has 32 heavy (non-hydrogen) atoms. The van der Waals surface area contributed by atoms with Crippen LogP contribution in [0, 0.1) is 6.92 Å². The number of amides is 1. The molecule has 4 aromatic rings. The average Bonchev–Trinajstić information content (AvgIpc) is 2.82. The summed E-state index contributed by atoms with van der Waals surface area (Å²) in [6, 6.07) is 26.1. The zero-order valence-corrected chi connectivity index (χ0v) is 18.2. The lowest BCUT2D eigenvalue weighted by molar-refractivity contribution is -0.119. The third-order valence-electron chi connectivity index (χ3n) is 6.33. The first-order chi connectivity index (χ1) is 15.5. The summed E-state index contributed by atoms with van der Waals surface area (Å²) in [5, 5.41) is 12.4. The number of nitrogens with zero attached hydrogens (tertiary/aromatic N) is 1. The van der Waals surface area contributed by atoms with Gasteiger partial charge in [-0.2, -0.15) is 0 Å². The van der Waals surface area contributed by atoms with Gasteiger partial charge in [0.1, 0.15) is 0 Å². The molecule has 0 aromatic heterocycles. The van der Waals surface area contributed by atoms with Crippen molar-refractivity contribution in [3.05, 3.63) is 101 Å². The highest BCUT2D eigenvalue weighted by Gasteiger charge is 2.34. The van der Waals surface area contributed by atoms with Gasteiger partial charge in [0.05, 0.1) is 13.7 Å². The number of fused-ring (bicyclic) bond motifs is 3. The van der Waals surface area contributed by atoms with E-state index in [0.29, 0.717) is 18.7 Å². The molecule has 0 saturated carbocycles. The van der Waals surface area contributed by atoms with E-state index in [9.17, 15) is 9.90 Å². The second-order valence-corrected chi connectivity index (χ2v) is 8.37. The van der Waals surface area contributed by atoms with Gasteiger partial charge >= 0.3 is 0 Å². The van der Waals surface area contributed by atoms with E-state index < -0.39 is 0 Å². The van der Waals surface area contributed by atoms with Crippen molar-refractivity contribution in [2.75, 3.05) is 12.0 Å². The molecule has 0 aliphatic carbocycles. The van der Waals surface area contributed by atoms with Crippen LogP contribution in [-0.2, 0) is 11.3 Å². The Balaban J connectivity index is 1.67. The van der Waals surface area contributed by atoms with Gasteiger partial charge in [-0.1, -0.05) is 66.2 Å². The van der Waals surface area contributed by atoms with Crippen molar-refractivity contribution in [1.82, 2.24) is 0 Å². The first-order valence-electron chi connectivity index (χ1n) is 10.8. The monoisotopic (exact) mass is 423 g/mol. The molecule has 1 atom stereocenters. The van der Waals surface area contributed by atoms with Gasteiger partial charge < -0.3 is 14.7 Å². The van der Waals surface area contributed by atoms with Gasteiger partial charge in [-0.15, -0.1) is 0 Å². The maximum Gasteiger partial charge on any atom is 0.228 e. The van der Waals surface area contributed by atoms with E-state index in [1.165, 1.54) is 12.7 Å². The number of rotatable bonds is 4. The number of phenolic OH excluding ortho intramolecular Hbond substituents is 1. The minimum Gasteiger partial charge on any atom is -0.504 e. The Labute approximate surface area is 187 Å². The van der Waals surface area contributed by atoms with E-state index in [1.54, 1.807) is 6.07 Å². The third-order valence-corrected chi connectivity index (χ3v) is 6.33. The smallest absolute Gasteiger partial charge is 0.228 e. The zero-order chi connectivity index (χ0) is 22.2. The Hall–Kier alpha value is -3.79. The van der Waals surface area contributed by atoms with Gasteiger partial charge in [0, 0.05) is 18.0 Å². The lowest BCUT2D eigenvalue weighted by Crippen LogP contribution is -2.36. The molecular weight excluding hydrogens is 398 g/mol. The van der Waals surface area contributed by atoms with Crippen molar-refractivity contribution in [2.24, 2.45) is 0 Å². The van der Waals surface area contributed by atoms with Gasteiger partial charge in [0.25, 0.3) is 0 Å². The van der Waals surface area contributed by atoms with Crippen LogP contribution in [0.3, 0.4) is 0 Å². The molecule has 1 aliphatic heterocycles. The fourth-order valence-corrected chi connectivity index (χ4v) is 4.65. The Kier molecular flexibility index (Phi) is 5.06. The molecule has 160 valence electrons. The van der Waals surface area contributed by atoms with Crippen LogP contribution in [0.4, 0.5) is 5.69 Å². The zero-order valence-electron chi connectivity index (χ0n) is 18.2. The molecule has 4 aromatic carbocycles. The van der Waals surface area contributed by atoms with Crippen molar-refractivity contribution < 1.29 is 14.6 Å². The van der Waals surface area contributed by atoms with Crippen LogP contribution in [0.25, 0.3) is 10.8 Å². The van der Waals surface area contributed by atoms with Crippen LogP contribution < -0.4 is 9.64 Å². The van der Waals surface area contributed by atoms with Crippen LogP contribution >= 0.6 is 0 Å². The maximum atomic E-state index is 13.4. The summed E-state index contributed by atoms with van der Waals surface area (Å²) in [5.74, 6) is 0.481. The molecule has 0 fully saturated rings. The second kappa shape index (κ2) is 8.04. The Morgan fingerprint density at radius 1 is 1.00 bits per heavy atom. The number of aromatic hydroxyl groups is 1. The molecule has 5 rings (SSSR count). The van der Waals surface area contributed by atoms with Crippen molar-refractivity contribution >= 4 is 22.4 Å². The molecule has 1 amide bonds. The first kappa shape index (κ1) is 20.1. The topological polar surface area (TPSA) is 49.8 Å². The molecule has 0 spiro atoms. The number of methoxy groups -OCH3 is 1. The van der Waals surface area contributed by atoms with E-state index in [4.69, 9.17) is 4.74 Å². The van der Waals surface area contributed by atoms with E-state index in [2.05, 4.69) is 55.5 Å². The minimum absolute atomic E-state index is 0.0883. The highest BCUT2D eigenvalue weighted by Crippen LogP contribution is 2.45. The number of carbonyl (C=O) groups is 1. The predicted molar refractivity (Wildman–Crippen MR) is 127 cm³/mol. The summed E-state index contributed by atoms with van der Waals surface area (Å²) < 4.78 is 5.34. The summed E-state index contributed by atoms with van der Waals surface area (Å²) >= 11 is 0. The van der Waals surface area contributed by atoms with Crippen LogP contribution in [0.5, 0.6) is 11.5 Å². The molecule has 0 radical (unpaired) electrons. The lowest BCUT2D eigenvalue weighted by atomic mass is 9.81. The van der Waals surface area contributed by atoms with Gasteiger partial charge in [-0.3, -0.25) is 4.79 Å². The molecule has 1 aliphatic rings. The number of anilines is 1. The summed E-state index contributed by atoms with van der Waals surface area (Å²) in [5.41, 5.74) is 5.35. The second-order valence-electron chi connectivity index (χ2n) is 8.37. The average molecular weight is 424 g/mol. The molecular formula is C28H25NO3. The SMILES string of the molecule is COc1cc(C2CC(=O)N(Cc3ccc(C)cc3)c3ccc4ccccc4c32)ccc1O. The Bertz CT molecular complexity index is 1310. The van der Waals surface area contributed by atoms with Crippen molar-refractivity contribution in [3.63, 3.8) is 0 Å². The lowest BCUT2D eigenvalue weighted by Gasteiger charge is -2.35. The molecule has 0 saturated heterocycles. The number of hydrogen-bond donors (Lipinski definition) is 1. The Morgan fingerprint density at radius 2 is 1.78 bits per heavy atom. The van der Waals surface area contributed by atoms with Crippen LogP contribution in [0.15, 0.2) is 78.9 Å². The maximum absolute atomic E-state index is 13.4. The van der Waals surface area contributed by atoms with Gasteiger partial charge in [-0.25, -0.2) is 0 Å². The predicted octanol–water partition coefficient (Wildman–Crippen LogP) is 5.93. The third kappa shape index (κ3) is 3.48. The van der Waals surface area contributed by atoms with Gasteiger partial charge in [0.2, 0.25) is 5.91 Å². The number of aryl methyl sites for hydroxylation is 1. The van der Waals surface area contributed by atoms with E-state index in [0.717, 1.165) is 33.2 Å². The number of carbonyl (C=O) groups excluding carboxylic acids is 1. The Morgan fingerprint density at radius 3 is 2.56 bits per heavy atom. The molecule has 1 heterocycles. The standard InChI is InChI=1S/C28H25NO3/c1-18-7-9-19(10-8-18)17-29-24-13-11-20-5-3-4-6-22(20)28(24)23(16-27(29)31)21-12-14-25(30)26(15-21)32-2/h3-15,23,30H,16-17H2,1-2H3. The van der Waals surface area contributed by atoms with Crippen molar-refractivity contribution in [2.45, 2.75) is 25.8 Å². The van der Waals surface area contributed by atoms with Crippen molar-refractivity contribution in [3.8, 4) is 11.5 Å². The number of benzene rings is 4. The molecule has 1 N–H and O–H groups in total. The fourth-order valence-electron chi connectivity index (χ4n) is 4.65. The van der Waals surface area contributed by atoms with Crippen LogP contribution in [0.2, 0.25) is 0 Å². The van der Waals surface area contributed by atoms with E-state index in [-0.39, 0.29) is 17.6 Å². The molecule has 0 bridgehead atoms. The summed E-state index contributed by atoms with van der Waals surface area (Å²) in [4.78, 5) is 15.3. The number of ether oxygens (including phenoxy) is 1. The van der Waals surface area contributed by atoms with E-state index >= 15 is 0 Å². The van der Waals surface area contributed by atoms with Crippen LogP contribution in [-0.4, -0.2) is 18.1 Å². The van der Waals surface area contributed by atoms with Crippen LogP contribution in [0.1, 0.15) is 34.6 Å². The van der Waals surface area contributed by atoms with E-state index in [1.807, 2.05) is 29.2 Å². The van der Waals surface area contributed by atoms with Gasteiger partial charge in [-0.05, 0) is 52.6 Å². The normalized spacial score (nSPS) is 15.6. The van der Waals surface area contributed by atoms with Crippen molar-refractivity contribution in [1.29, 1.82) is 0 Å². The molecule has 4 nitrogen and oxygen atoms in total. The largest absolute Gasteiger partial charge is 0.504 e.